The fourth-order valence-corrected chi connectivity index (χ4v) is 2.53. The van der Waals surface area contributed by atoms with E-state index in [1.54, 1.807) is 11.8 Å². The zero-order valence-corrected chi connectivity index (χ0v) is 12.7. The lowest BCUT2D eigenvalue weighted by molar-refractivity contribution is -0.137. The van der Waals surface area contributed by atoms with Gasteiger partial charge in [0.05, 0.1) is 17.7 Å². The smallest absolute Gasteiger partial charge is 0.331 e. The van der Waals surface area contributed by atoms with Gasteiger partial charge in [0.25, 0.3) is 0 Å². The molecule has 0 bridgehead atoms. The SMILES string of the molecule is C[C@@H](NC(=O)N1CCC(C#N)CC1)c1ccc(C(F)(F)F)cc1. The molecule has 0 radical (unpaired) electrons. The molecule has 1 aromatic rings. The lowest BCUT2D eigenvalue weighted by Crippen LogP contribution is -2.45. The van der Waals surface area contributed by atoms with Crippen LogP contribution in [0.1, 0.15) is 36.9 Å². The molecule has 1 aliphatic heterocycles. The molecule has 0 aliphatic carbocycles. The first-order valence-electron chi connectivity index (χ1n) is 7.43. The van der Waals surface area contributed by atoms with E-state index in [-0.39, 0.29) is 11.9 Å². The molecule has 1 fully saturated rings. The number of alkyl halides is 3. The number of benzene rings is 1. The van der Waals surface area contributed by atoms with Gasteiger partial charge in [0.1, 0.15) is 0 Å². The van der Waals surface area contributed by atoms with Crippen molar-refractivity contribution in [3.63, 3.8) is 0 Å². The molecule has 1 saturated heterocycles. The molecule has 1 heterocycles. The molecular weight excluding hydrogens is 307 g/mol. The van der Waals surface area contributed by atoms with Crippen LogP contribution in [0, 0.1) is 17.2 Å². The Morgan fingerprint density at radius 1 is 1.30 bits per heavy atom. The van der Waals surface area contributed by atoms with E-state index in [2.05, 4.69) is 11.4 Å². The van der Waals surface area contributed by atoms with E-state index in [4.69, 9.17) is 5.26 Å². The number of nitrogens with one attached hydrogen (secondary N) is 1. The number of urea groups is 1. The molecule has 0 spiro atoms. The lowest BCUT2D eigenvalue weighted by Gasteiger charge is -2.30. The van der Waals surface area contributed by atoms with Crippen LogP contribution in [0.25, 0.3) is 0 Å². The highest BCUT2D eigenvalue weighted by molar-refractivity contribution is 5.74. The molecule has 1 atom stereocenters. The van der Waals surface area contributed by atoms with Gasteiger partial charge in [-0.2, -0.15) is 18.4 Å². The molecule has 1 aliphatic rings. The number of hydrogen-bond acceptors (Lipinski definition) is 2. The van der Waals surface area contributed by atoms with Crippen LogP contribution in [0.4, 0.5) is 18.0 Å². The van der Waals surface area contributed by atoms with Gasteiger partial charge in [0, 0.05) is 19.0 Å². The Labute approximate surface area is 132 Å². The number of halogens is 3. The Morgan fingerprint density at radius 2 is 1.87 bits per heavy atom. The summed E-state index contributed by atoms with van der Waals surface area (Å²) in [6, 6.07) is 6.31. The van der Waals surface area contributed by atoms with E-state index in [0.717, 1.165) is 12.1 Å². The standard InChI is InChI=1S/C16H18F3N3O/c1-11(13-2-4-14(5-3-13)16(17,18)19)21-15(23)22-8-6-12(10-20)7-9-22/h2-5,11-12H,6-9H2,1H3,(H,21,23)/t11-/m1/s1. The van der Waals surface area contributed by atoms with Crippen molar-refractivity contribution in [2.45, 2.75) is 32.0 Å². The highest BCUT2D eigenvalue weighted by Crippen LogP contribution is 2.30. The molecule has 2 amide bonds. The van der Waals surface area contributed by atoms with Crippen LogP contribution in [0.2, 0.25) is 0 Å². The van der Waals surface area contributed by atoms with Crippen LogP contribution in [-0.4, -0.2) is 24.0 Å². The number of hydrogen-bond donors (Lipinski definition) is 1. The Hall–Kier alpha value is -2.23. The Bertz CT molecular complexity index is 584. The quantitative estimate of drug-likeness (QED) is 0.901. The number of carbonyl (C=O) groups is 1. The van der Waals surface area contributed by atoms with Gasteiger partial charge in [0.2, 0.25) is 0 Å². The summed E-state index contributed by atoms with van der Waals surface area (Å²) < 4.78 is 37.6. The predicted octanol–water partition coefficient (Wildman–Crippen LogP) is 3.71. The van der Waals surface area contributed by atoms with Gasteiger partial charge in [0.15, 0.2) is 0 Å². The van der Waals surface area contributed by atoms with Gasteiger partial charge in [-0.25, -0.2) is 4.79 Å². The molecule has 0 saturated carbocycles. The van der Waals surface area contributed by atoms with Crippen molar-refractivity contribution in [1.82, 2.24) is 10.2 Å². The maximum Gasteiger partial charge on any atom is 0.416 e. The molecule has 4 nitrogen and oxygen atoms in total. The summed E-state index contributed by atoms with van der Waals surface area (Å²) in [7, 11) is 0. The van der Waals surface area contributed by atoms with Crippen molar-refractivity contribution >= 4 is 6.03 Å². The second-order valence-electron chi connectivity index (χ2n) is 5.68. The van der Waals surface area contributed by atoms with Crippen LogP contribution in [0.3, 0.4) is 0 Å². The molecule has 7 heteroatoms. The van der Waals surface area contributed by atoms with Gasteiger partial charge in [-0.05, 0) is 37.5 Å². The summed E-state index contributed by atoms with van der Waals surface area (Å²) in [5.74, 6) is -0.00798. The van der Waals surface area contributed by atoms with Crippen LogP contribution < -0.4 is 5.32 Å². The highest BCUT2D eigenvalue weighted by Gasteiger charge is 2.30. The zero-order valence-electron chi connectivity index (χ0n) is 12.7. The molecule has 23 heavy (non-hydrogen) atoms. The summed E-state index contributed by atoms with van der Waals surface area (Å²) in [5.41, 5.74) is -0.100. The Morgan fingerprint density at radius 3 is 2.35 bits per heavy atom. The van der Waals surface area contributed by atoms with E-state index in [0.29, 0.717) is 31.5 Å². The number of nitriles is 1. The van der Waals surface area contributed by atoms with E-state index in [1.165, 1.54) is 12.1 Å². The predicted molar refractivity (Wildman–Crippen MR) is 78.3 cm³/mol. The second-order valence-corrected chi connectivity index (χ2v) is 5.68. The molecule has 1 N–H and O–H groups in total. The number of carbonyl (C=O) groups excluding carboxylic acids is 1. The van der Waals surface area contributed by atoms with E-state index < -0.39 is 17.8 Å². The first-order chi connectivity index (χ1) is 10.8. The first-order valence-corrected chi connectivity index (χ1v) is 7.43. The Kier molecular flexibility index (Phi) is 5.14. The maximum absolute atomic E-state index is 12.5. The van der Waals surface area contributed by atoms with Crippen molar-refractivity contribution in [3.05, 3.63) is 35.4 Å². The van der Waals surface area contributed by atoms with Gasteiger partial charge in [-0.15, -0.1) is 0 Å². The number of likely N-dealkylation sites (tertiary alicyclic amines) is 1. The summed E-state index contributed by atoms with van der Waals surface area (Å²) >= 11 is 0. The third kappa shape index (κ3) is 4.38. The van der Waals surface area contributed by atoms with Crippen molar-refractivity contribution in [3.8, 4) is 6.07 Å². The summed E-state index contributed by atoms with van der Waals surface area (Å²) in [5, 5.41) is 11.6. The molecule has 0 unspecified atom stereocenters. The van der Waals surface area contributed by atoms with Crippen molar-refractivity contribution < 1.29 is 18.0 Å². The number of nitrogens with zero attached hydrogens (tertiary/aromatic N) is 2. The molecule has 0 aromatic heterocycles. The maximum atomic E-state index is 12.5. The fraction of sp³-hybridized carbons (Fsp3) is 0.500. The number of rotatable bonds is 2. The first kappa shape index (κ1) is 17.1. The molecular formula is C16H18F3N3O. The van der Waals surface area contributed by atoms with Crippen molar-refractivity contribution in [1.29, 1.82) is 5.26 Å². The fourth-order valence-electron chi connectivity index (χ4n) is 2.53. The Balaban J connectivity index is 1.92. The summed E-state index contributed by atoms with van der Waals surface area (Å²) in [4.78, 5) is 13.8. The van der Waals surface area contributed by atoms with E-state index in [9.17, 15) is 18.0 Å². The van der Waals surface area contributed by atoms with Gasteiger partial charge in [-0.3, -0.25) is 0 Å². The third-order valence-electron chi connectivity index (χ3n) is 4.04. The topological polar surface area (TPSA) is 56.1 Å². The zero-order chi connectivity index (χ0) is 17.0. The minimum absolute atomic E-state index is 0.00798. The van der Waals surface area contributed by atoms with Gasteiger partial charge < -0.3 is 10.2 Å². The van der Waals surface area contributed by atoms with Crippen LogP contribution in [0.5, 0.6) is 0 Å². The van der Waals surface area contributed by atoms with Gasteiger partial charge >= 0.3 is 12.2 Å². The van der Waals surface area contributed by atoms with Crippen molar-refractivity contribution in [2.24, 2.45) is 5.92 Å². The van der Waals surface area contributed by atoms with Crippen LogP contribution in [0.15, 0.2) is 24.3 Å². The van der Waals surface area contributed by atoms with Gasteiger partial charge in [-0.1, -0.05) is 12.1 Å². The average molecular weight is 325 g/mol. The number of amides is 2. The highest BCUT2D eigenvalue weighted by atomic mass is 19.4. The van der Waals surface area contributed by atoms with Crippen LogP contribution in [-0.2, 0) is 6.18 Å². The average Bonchev–Trinajstić information content (AvgIpc) is 2.54. The largest absolute Gasteiger partial charge is 0.416 e. The normalized spacial score (nSPS) is 17.4. The summed E-state index contributed by atoms with van der Waals surface area (Å²) in [6.45, 7) is 2.76. The van der Waals surface area contributed by atoms with Crippen molar-refractivity contribution in [2.75, 3.05) is 13.1 Å². The minimum Gasteiger partial charge on any atom is -0.331 e. The van der Waals surface area contributed by atoms with E-state index >= 15 is 0 Å². The molecule has 1 aromatic carbocycles. The second kappa shape index (κ2) is 6.90. The molecule has 124 valence electrons. The number of piperidine rings is 1. The lowest BCUT2D eigenvalue weighted by atomic mass is 9.99. The van der Waals surface area contributed by atoms with E-state index in [1.807, 2.05) is 0 Å². The minimum atomic E-state index is -4.36. The molecule has 2 rings (SSSR count). The monoisotopic (exact) mass is 325 g/mol. The summed E-state index contributed by atoms with van der Waals surface area (Å²) in [6.07, 6.45) is -3.06. The third-order valence-corrected chi connectivity index (χ3v) is 4.04. The van der Waals surface area contributed by atoms with Crippen LogP contribution >= 0.6 is 0 Å².